The predicted molar refractivity (Wildman–Crippen MR) is 205 cm³/mol. The van der Waals surface area contributed by atoms with Gasteiger partial charge in [-0.05, 0) is 55.7 Å². The van der Waals surface area contributed by atoms with Gasteiger partial charge in [-0.25, -0.2) is 69.5 Å². The Morgan fingerprint density at radius 1 is 0.609 bits per heavy atom. The maximum absolute atomic E-state index is 14.0. The molecule has 2 unspecified atom stereocenters. The van der Waals surface area contributed by atoms with Crippen molar-refractivity contribution in [1.82, 2.24) is 4.31 Å². The van der Waals surface area contributed by atoms with E-state index in [9.17, 15) is 84.2 Å². The van der Waals surface area contributed by atoms with Crippen LogP contribution in [0.5, 0.6) is 0 Å². The fraction of sp³-hybridized carbons (Fsp3) is 0.316. The van der Waals surface area contributed by atoms with Gasteiger partial charge in [-0.15, -0.1) is 0 Å². The van der Waals surface area contributed by atoms with Gasteiger partial charge in [-0.1, -0.05) is 13.8 Å². The minimum atomic E-state index is -4.67. The smallest absolute Gasteiger partial charge is 0.286 e. The molecule has 352 valence electrons. The second kappa shape index (κ2) is 20.9. The van der Waals surface area contributed by atoms with Gasteiger partial charge >= 0.3 is 0 Å². The molecule has 0 spiro atoms. The lowest BCUT2D eigenvalue weighted by Gasteiger charge is -2.35. The van der Waals surface area contributed by atoms with E-state index in [2.05, 4.69) is 0 Å². The standard InChI is InChI=1S/C18H14F6N2O4S.C13H6ClF4NO3S.C6H10F2O.CH4/c19-10-3-9(17(28)25-11-6-13(20)16(22)14(21)7-11)4-12(5-10)31(29,30)26-2-1-15(27)18(23,24)8-26;14-23(21,22)9-2-6(1-7(15)3-9)13(20)19-8-4-10(16)12(18)11(17)5-8;7-6(8)4-2-1-3-5(6)9;/h3-7,15,27H,1-2,8H2,(H,25,28);1-5H,(H,19,20);5,9H,1-4H2;1H4. The van der Waals surface area contributed by atoms with Crippen molar-refractivity contribution in [2.24, 2.45) is 0 Å². The Bertz CT molecular complexity index is 2560. The predicted octanol–water partition coefficient (Wildman–Crippen LogP) is 8.50. The van der Waals surface area contributed by atoms with Crippen molar-refractivity contribution in [2.75, 3.05) is 23.7 Å². The summed E-state index contributed by atoms with van der Waals surface area (Å²) >= 11 is 0. The summed E-state index contributed by atoms with van der Waals surface area (Å²) in [6.07, 6.45) is -2.59. The topological polar surface area (TPSA) is 170 Å². The van der Waals surface area contributed by atoms with Crippen LogP contribution in [0, 0.1) is 46.5 Å². The lowest BCUT2D eigenvalue weighted by atomic mass is 9.94. The van der Waals surface area contributed by atoms with Crippen molar-refractivity contribution in [3.05, 3.63) is 118 Å². The average molecular weight is 988 g/mol. The summed E-state index contributed by atoms with van der Waals surface area (Å²) in [6, 6.07) is 5.79. The highest BCUT2D eigenvalue weighted by Crippen LogP contribution is 2.34. The van der Waals surface area contributed by atoms with E-state index in [1.807, 2.05) is 10.6 Å². The molecule has 2 atom stereocenters. The van der Waals surface area contributed by atoms with Gasteiger partial charge in [0.2, 0.25) is 10.0 Å². The number of aliphatic hydroxyl groups is 2. The molecule has 1 saturated heterocycles. The van der Waals surface area contributed by atoms with Crippen LogP contribution in [-0.4, -0.2) is 80.3 Å². The van der Waals surface area contributed by atoms with Crippen LogP contribution >= 0.6 is 10.7 Å². The SMILES string of the molecule is C.O=C(Nc1cc(F)c(F)c(F)c1)c1cc(F)cc(S(=O)(=O)Cl)c1.O=C(Nc1cc(F)c(F)c(F)c1)c1cc(F)cc(S(=O)(=O)N2CCC(O)C(F)(F)C2)c1.OC1CCCCC1(F)F. The van der Waals surface area contributed by atoms with Gasteiger partial charge in [-0.2, -0.15) is 4.31 Å². The Morgan fingerprint density at radius 3 is 1.39 bits per heavy atom. The van der Waals surface area contributed by atoms with Crippen LogP contribution < -0.4 is 10.6 Å². The molecule has 4 aromatic carbocycles. The number of carbonyl (C=O) groups is 2. The van der Waals surface area contributed by atoms with E-state index in [1.165, 1.54) is 0 Å². The molecule has 2 aliphatic rings. The first-order chi connectivity index (χ1) is 29.0. The van der Waals surface area contributed by atoms with Crippen LogP contribution in [0.1, 0.15) is 60.2 Å². The highest BCUT2D eigenvalue weighted by atomic mass is 35.7. The number of amides is 2. The highest BCUT2D eigenvalue weighted by Gasteiger charge is 2.47. The van der Waals surface area contributed by atoms with Gasteiger partial charge in [0.1, 0.15) is 23.8 Å². The second-order valence-electron chi connectivity index (χ2n) is 13.6. The van der Waals surface area contributed by atoms with Crippen molar-refractivity contribution in [3.63, 3.8) is 0 Å². The third-order valence-corrected chi connectivity index (χ3v) is 12.1. The second-order valence-corrected chi connectivity index (χ2v) is 18.1. The third kappa shape index (κ3) is 13.5. The molecule has 0 bridgehead atoms. The Morgan fingerprint density at radius 2 is 1.02 bits per heavy atom. The summed E-state index contributed by atoms with van der Waals surface area (Å²) in [5, 5.41) is 21.9. The fourth-order valence-electron chi connectivity index (χ4n) is 5.67. The first kappa shape index (κ1) is 53.4. The Kier molecular flexibility index (Phi) is 17.4. The normalized spacial score (nSPS) is 18.2. The van der Waals surface area contributed by atoms with Crippen molar-refractivity contribution in [1.29, 1.82) is 0 Å². The van der Waals surface area contributed by atoms with Crippen LogP contribution in [0.25, 0.3) is 0 Å². The van der Waals surface area contributed by atoms with Crippen molar-refractivity contribution < 1.29 is 89.3 Å². The number of nitrogens with zero attached hydrogens (tertiary/aromatic N) is 1. The number of rotatable bonds is 7. The molecule has 64 heavy (non-hydrogen) atoms. The molecule has 1 aliphatic heterocycles. The van der Waals surface area contributed by atoms with E-state index in [0.717, 1.165) is 12.5 Å². The maximum atomic E-state index is 14.0. The van der Waals surface area contributed by atoms with Crippen LogP contribution in [0.15, 0.2) is 70.5 Å². The van der Waals surface area contributed by atoms with Crippen LogP contribution in [0.3, 0.4) is 0 Å². The van der Waals surface area contributed by atoms with Gasteiger partial charge < -0.3 is 20.8 Å². The number of aliphatic hydroxyl groups excluding tert-OH is 2. The molecule has 2 fully saturated rings. The zero-order valence-electron chi connectivity index (χ0n) is 31.4. The molecule has 4 aromatic rings. The number of hydrogen-bond acceptors (Lipinski definition) is 8. The van der Waals surface area contributed by atoms with E-state index in [1.54, 1.807) is 0 Å². The molecule has 1 aliphatic carbocycles. The minimum absolute atomic E-state index is 0. The van der Waals surface area contributed by atoms with Crippen LogP contribution in [-0.2, 0) is 19.1 Å². The number of anilines is 2. The molecule has 1 heterocycles. The quantitative estimate of drug-likeness (QED) is 0.0812. The zero-order chi connectivity index (χ0) is 47.4. The van der Waals surface area contributed by atoms with Crippen LogP contribution in [0.4, 0.5) is 64.1 Å². The van der Waals surface area contributed by atoms with Gasteiger partial charge in [0, 0.05) is 70.4 Å². The van der Waals surface area contributed by atoms with E-state index in [0.29, 0.717) is 65.3 Å². The number of halogens is 13. The van der Waals surface area contributed by atoms with Crippen molar-refractivity contribution in [3.8, 4) is 0 Å². The Balaban J connectivity index is 0.000000289. The van der Waals surface area contributed by atoms with E-state index in [4.69, 9.17) is 15.8 Å². The average Bonchev–Trinajstić information content (AvgIpc) is 3.17. The lowest BCUT2D eigenvalue weighted by Crippen LogP contribution is -2.53. The summed E-state index contributed by atoms with van der Waals surface area (Å²) in [4.78, 5) is 22.7. The summed E-state index contributed by atoms with van der Waals surface area (Å²) in [5.74, 6) is -20.8. The number of alkyl halides is 4. The maximum Gasteiger partial charge on any atom is 0.286 e. The molecule has 0 radical (unpaired) electrons. The molecule has 2 amide bonds. The van der Waals surface area contributed by atoms with Gasteiger partial charge in [-0.3, -0.25) is 9.59 Å². The fourth-order valence-corrected chi connectivity index (χ4v) is 7.98. The van der Waals surface area contributed by atoms with Gasteiger partial charge in [0.25, 0.3) is 32.7 Å². The molecule has 11 nitrogen and oxygen atoms in total. The Hall–Kier alpha value is -4.95. The largest absolute Gasteiger partial charge is 0.387 e. The molecule has 6 rings (SSSR count). The van der Waals surface area contributed by atoms with Gasteiger partial charge in [0.15, 0.2) is 34.9 Å². The van der Waals surface area contributed by atoms with E-state index >= 15 is 0 Å². The zero-order valence-corrected chi connectivity index (χ0v) is 33.8. The monoisotopic (exact) mass is 987 g/mol. The molecular weight excluding hydrogens is 954 g/mol. The van der Waals surface area contributed by atoms with Gasteiger partial charge in [0.05, 0.1) is 16.3 Å². The number of carbonyl (C=O) groups excluding carboxylic acids is 2. The van der Waals surface area contributed by atoms with Crippen molar-refractivity contribution in [2.45, 2.75) is 73.4 Å². The summed E-state index contributed by atoms with van der Waals surface area (Å²) in [7, 11) is -3.91. The summed E-state index contributed by atoms with van der Waals surface area (Å²) in [5.41, 5.74) is -2.03. The molecule has 26 heteroatoms. The molecular formula is C38H34ClF12N3O8S2. The number of benzene rings is 4. The number of nitrogens with one attached hydrogen (secondary N) is 2. The number of hydrogen-bond donors (Lipinski definition) is 4. The Labute approximate surface area is 361 Å². The van der Waals surface area contributed by atoms with E-state index < -0.39 is 153 Å². The van der Waals surface area contributed by atoms with Crippen molar-refractivity contribution >= 4 is 52.9 Å². The summed E-state index contributed by atoms with van der Waals surface area (Å²) in [6.45, 7) is -1.81. The minimum Gasteiger partial charge on any atom is -0.387 e. The first-order valence-corrected chi connectivity index (χ1v) is 21.4. The summed E-state index contributed by atoms with van der Waals surface area (Å²) < 4.78 is 206. The lowest BCUT2D eigenvalue weighted by molar-refractivity contribution is -0.136. The van der Waals surface area contributed by atoms with E-state index in [-0.39, 0.29) is 20.3 Å². The first-order valence-electron chi connectivity index (χ1n) is 17.6. The third-order valence-electron chi connectivity index (χ3n) is 8.92. The molecule has 0 aromatic heterocycles. The number of sulfonamides is 1. The molecule has 4 N–H and O–H groups in total. The van der Waals surface area contributed by atoms with Crippen LogP contribution in [0.2, 0.25) is 0 Å². The highest BCUT2D eigenvalue weighted by molar-refractivity contribution is 8.13. The number of piperidine rings is 1. The molecule has 1 saturated carbocycles.